The molecule has 0 unspecified atom stereocenters. The summed E-state index contributed by atoms with van der Waals surface area (Å²) >= 11 is 0. The third kappa shape index (κ3) is 4.02. The van der Waals surface area contributed by atoms with Gasteiger partial charge in [-0.2, -0.15) is 0 Å². The lowest BCUT2D eigenvalue weighted by Gasteiger charge is -2.32. The van der Waals surface area contributed by atoms with Crippen LogP contribution in [0.2, 0.25) is 0 Å². The Balaban J connectivity index is 1.62. The van der Waals surface area contributed by atoms with Crippen molar-refractivity contribution in [1.29, 1.82) is 0 Å². The van der Waals surface area contributed by atoms with Gasteiger partial charge in [0.1, 0.15) is 24.0 Å². The molecule has 0 radical (unpaired) electrons. The van der Waals surface area contributed by atoms with Crippen LogP contribution in [0.4, 0.5) is 0 Å². The zero-order valence-corrected chi connectivity index (χ0v) is 14.1. The molecule has 6 nitrogen and oxygen atoms in total. The number of para-hydroxylation sites is 1. The molecular formula is C19H21NO5. The number of piperidine rings is 1. The summed E-state index contributed by atoms with van der Waals surface area (Å²) in [7, 11) is 0. The average Bonchev–Trinajstić information content (AvgIpc) is 2.95. The standard InChI is InChI=1S/C19H21NO5/c1-13-12-24-16(11-17(21)22)18(13)19(23)20-9-7-15(8-10-20)25-14-5-3-2-4-6-14/h2-6,12,15H,7-11H2,1H3,(H,21,22). The number of aliphatic carboxylic acids is 1. The van der Waals surface area contributed by atoms with Crippen LogP contribution in [0.1, 0.15) is 34.5 Å². The second kappa shape index (κ2) is 7.42. The second-order valence-corrected chi connectivity index (χ2v) is 6.21. The summed E-state index contributed by atoms with van der Waals surface area (Å²) in [6.45, 7) is 2.91. The van der Waals surface area contributed by atoms with Crippen LogP contribution >= 0.6 is 0 Å². The minimum atomic E-state index is -1.02. The Morgan fingerprint density at radius 3 is 2.56 bits per heavy atom. The van der Waals surface area contributed by atoms with E-state index in [2.05, 4.69) is 0 Å². The molecule has 1 saturated heterocycles. The molecule has 132 valence electrons. The van der Waals surface area contributed by atoms with Gasteiger partial charge < -0.3 is 19.2 Å². The highest BCUT2D eigenvalue weighted by atomic mass is 16.5. The van der Waals surface area contributed by atoms with Gasteiger partial charge in [-0.3, -0.25) is 9.59 Å². The number of amides is 1. The normalized spacial score (nSPS) is 15.2. The maximum Gasteiger partial charge on any atom is 0.311 e. The zero-order valence-electron chi connectivity index (χ0n) is 14.1. The van der Waals surface area contributed by atoms with Crippen LogP contribution in [0.25, 0.3) is 0 Å². The smallest absolute Gasteiger partial charge is 0.311 e. The molecule has 0 aliphatic carbocycles. The number of hydrogen-bond donors (Lipinski definition) is 1. The highest BCUT2D eigenvalue weighted by Crippen LogP contribution is 2.23. The number of aryl methyl sites for hydroxylation is 1. The van der Waals surface area contributed by atoms with Gasteiger partial charge in [-0.25, -0.2) is 0 Å². The number of carboxylic acid groups (broad SMARTS) is 1. The van der Waals surface area contributed by atoms with Gasteiger partial charge in [0.2, 0.25) is 0 Å². The minimum Gasteiger partial charge on any atom is -0.490 e. The van der Waals surface area contributed by atoms with Crippen LogP contribution in [0.15, 0.2) is 41.0 Å². The summed E-state index contributed by atoms with van der Waals surface area (Å²) in [5.41, 5.74) is 1.05. The summed E-state index contributed by atoms with van der Waals surface area (Å²) in [4.78, 5) is 25.5. The van der Waals surface area contributed by atoms with Crippen molar-refractivity contribution in [2.45, 2.75) is 32.3 Å². The minimum absolute atomic E-state index is 0.0791. The van der Waals surface area contributed by atoms with Gasteiger partial charge in [-0.15, -0.1) is 0 Å². The third-order valence-corrected chi connectivity index (χ3v) is 4.35. The lowest BCUT2D eigenvalue weighted by Crippen LogP contribution is -2.42. The van der Waals surface area contributed by atoms with E-state index in [9.17, 15) is 9.59 Å². The maximum absolute atomic E-state index is 12.8. The fourth-order valence-corrected chi connectivity index (χ4v) is 3.08. The number of benzene rings is 1. The van der Waals surface area contributed by atoms with Crippen molar-refractivity contribution in [2.24, 2.45) is 0 Å². The van der Waals surface area contributed by atoms with Crippen molar-refractivity contribution >= 4 is 11.9 Å². The molecular weight excluding hydrogens is 322 g/mol. The van der Waals surface area contributed by atoms with Gasteiger partial charge in [-0.1, -0.05) is 18.2 Å². The number of carbonyl (C=O) groups excluding carboxylic acids is 1. The highest BCUT2D eigenvalue weighted by Gasteiger charge is 2.29. The first-order valence-electron chi connectivity index (χ1n) is 8.34. The van der Waals surface area contributed by atoms with E-state index in [-0.39, 0.29) is 24.2 Å². The fourth-order valence-electron chi connectivity index (χ4n) is 3.08. The first-order valence-corrected chi connectivity index (χ1v) is 8.34. The second-order valence-electron chi connectivity index (χ2n) is 6.21. The summed E-state index contributed by atoms with van der Waals surface area (Å²) in [5, 5.41) is 8.97. The van der Waals surface area contributed by atoms with Crippen molar-refractivity contribution in [1.82, 2.24) is 4.90 Å². The highest BCUT2D eigenvalue weighted by molar-refractivity contribution is 5.97. The molecule has 1 amide bonds. The Morgan fingerprint density at radius 1 is 1.24 bits per heavy atom. The molecule has 0 atom stereocenters. The first kappa shape index (κ1) is 17.1. The Hall–Kier alpha value is -2.76. The van der Waals surface area contributed by atoms with Crippen molar-refractivity contribution in [3.8, 4) is 5.75 Å². The third-order valence-electron chi connectivity index (χ3n) is 4.35. The molecule has 1 N–H and O–H groups in total. The molecule has 1 aromatic heterocycles. The Morgan fingerprint density at radius 2 is 1.92 bits per heavy atom. The Kier molecular flexibility index (Phi) is 5.07. The topological polar surface area (TPSA) is 80.0 Å². The van der Waals surface area contributed by atoms with E-state index >= 15 is 0 Å². The number of rotatable bonds is 5. The molecule has 1 aliphatic heterocycles. The molecule has 0 bridgehead atoms. The number of nitrogens with zero attached hydrogens (tertiary/aromatic N) is 1. The maximum atomic E-state index is 12.8. The molecule has 1 fully saturated rings. The number of furan rings is 1. The SMILES string of the molecule is Cc1coc(CC(=O)O)c1C(=O)N1CCC(Oc2ccccc2)CC1. The van der Waals surface area contributed by atoms with Crippen LogP contribution in [0.5, 0.6) is 5.75 Å². The van der Waals surface area contributed by atoms with E-state index in [0.29, 0.717) is 24.2 Å². The van der Waals surface area contributed by atoms with Crippen molar-refractivity contribution in [3.05, 3.63) is 53.5 Å². The van der Waals surface area contributed by atoms with Crippen molar-refractivity contribution in [2.75, 3.05) is 13.1 Å². The fraction of sp³-hybridized carbons (Fsp3) is 0.368. The molecule has 1 aliphatic rings. The Labute approximate surface area is 146 Å². The van der Waals surface area contributed by atoms with E-state index < -0.39 is 5.97 Å². The number of hydrogen-bond acceptors (Lipinski definition) is 4. The van der Waals surface area contributed by atoms with Crippen molar-refractivity contribution < 1.29 is 23.8 Å². The van der Waals surface area contributed by atoms with Gasteiger partial charge in [0.25, 0.3) is 5.91 Å². The predicted molar refractivity (Wildman–Crippen MR) is 90.8 cm³/mol. The monoisotopic (exact) mass is 343 g/mol. The molecule has 3 rings (SSSR count). The lowest BCUT2D eigenvalue weighted by molar-refractivity contribution is -0.136. The summed E-state index contributed by atoms with van der Waals surface area (Å²) in [5.74, 6) is -0.126. The van der Waals surface area contributed by atoms with E-state index in [1.54, 1.807) is 11.8 Å². The van der Waals surface area contributed by atoms with Gasteiger partial charge in [0.15, 0.2) is 0 Å². The van der Waals surface area contributed by atoms with Gasteiger partial charge in [0.05, 0.1) is 11.8 Å². The number of carbonyl (C=O) groups is 2. The van der Waals surface area contributed by atoms with Crippen LogP contribution in [-0.4, -0.2) is 41.1 Å². The van der Waals surface area contributed by atoms with E-state index in [4.69, 9.17) is 14.3 Å². The van der Waals surface area contributed by atoms with Gasteiger partial charge in [-0.05, 0) is 19.1 Å². The van der Waals surface area contributed by atoms with Crippen LogP contribution in [-0.2, 0) is 11.2 Å². The van der Waals surface area contributed by atoms with Crippen molar-refractivity contribution in [3.63, 3.8) is 0 Å². The summed E-state index contributed by atoms with van der Waals surface area (Å²) in [6, 6.07) is 9.64. The van der Waals surface area contributed by atoms with Gasteiger partial charge in [0, 0.05) is 31.5 Å². The zero-order chi connectivity index (χ0) is 17.8. The van der Waals surface area contributed by atoms with E-state index in [1.165, 1.54) is 6.26 Å². The van der Waals surface area contributed by atoms with Crippen LogP contribution in [0, 0.1) is 6.92 Å². The average molecular weight is 343 g/mol. The number of ether oxygens (including phenoxy) is 1. The Bertz CT molecular complexity index is 744. The van der Waals surface area contributed by atoms with E-state index in [1.807, 2.05) is 30.3 Å². The predicted octanol–water partition coefficient (Wildman–Crippen LogP) is 2.90. The molecule has 6 heteroatoms. The molecule has 1 aromatic carbocycles. The van der Waals surface area contributed by atoms with Crippen LogP contribution in [0.3, 0.4) is 0 Å². The largest absolute Gasteiger partial charge is 0.490 e. The first-order chi connectivity index (χ1) is 12.0. The molecule has 0 spiro atoms. The molecule has 2 heterocycles. The summed E-state index contributed by atoms with van der Waals surface area (Å²) in [6.07, 6.45) is 2.71. The number of likely N-dealkylation sites (tertiary alicyclic amines) is 1. The quantitative estimate of drug-likeness (QED) is 0.903. The number of carboxylic acids is 1. The lowest BCUT2D eigenvalue weighted by atomic mass is 10.0. The van der Waals surface area contributed by atoms with E-state index in [0.717, 1.165) is 18.6 Å². The molecule has 25 heavy (non-hydrogen) atoms. The molecule has 0 saturated carbocycles. The molecule has 2 aromatic rings. The van der Waals surface area contributed by atoms with Gasteiger partial charge >= 0.3 is 5.97 Å². The van der Waals surface area contributed by atoms with Crippen LogP contribution < -0.4 is 4.74 Å². The summed E-state index contributed by atoms with van der Waals surface area (Å²) < 4.78 is 11.2.